The van der Waals surface area contributed by atoms with Gasteiger partial charge in [-0.2, -0.15) is 0 Å². The number of esters is 1. The molecular weight excluding hydrogens is 268 g/mol. The predicted molar refractivity (Wildman–Crippen MR) is 82.2 cm³/mol. The fourth-order valence-corrected chi connectivity index (χ4v) is 2.90. The van der Waals surface area contributed by atoms with Gasteiger partial charge in [-0.1, -0.05) is 6.92 Å². The highest BCUT2D eigenvalue weighted by atomic mass is 16.5. The summed E-state index contributed by atoms with van der Waals surface area (Å²) in [4.78, 5) is 18.7. The van der Waals surface area contributed by atoms with Crippen LogP contribution in [0.2, 0.25) is 0 Å². The Labute approximate surface area is 126 Å². The van der Waals surface area contributed by atoms with E-state index in [0.29, 0.717) is 18.5 Å². The van der Waals surface area contributed by atoms with Crippen molar-refractivity contribution in [3.63, 3.8) is 0 Å². The van der Waals surface area contributed by atoms with Crippen molar-refractivity contribution in [1.82, 2.24) is 14.5 Å². The fraction of sp³-hybridized carbons (Fsp3) is 0.733. The van der Waals surface area contributed by atoms with Crippen LogP contribution in [0.4, 0.5) is 5.82 Å². The maximum Gasteiger partial charge on any atom is 0.360 e. The van der Waals surface area contributed by atoms with E-state index >= 15 is 0 Å². The number of hydrogen-bond donors (Lipinski definition) is 1. The van der Waals surface area contributed by atoms with Crippen LogP contribution in [-0.2, 0) is 17.7 Å². The maximum absolute atomic E-state index is 11.9. The molecule has 1 aromatic heterocycles. The number of aryl methyl sites for hydroxylation is 1. The molecule has 1 aliphatic heterocycles. The molecule has 2 N–H and O–H groups in total. The Morgan fingerprint density at radius 2 is 2.05 bits per heavy atom. The molecule has 1 unspecified atom stereocenters. The molecule has 21 heavy (non-hydrogen) atoms. The lowest BCUT2D eigenvalue weighted by Gasteiger charge is -2.25. The van der Waals surface area contributed by atoms with Gasteiger partial charge in [0.1, 0.15) is 11.6 Å². The van der Waals surface area contributed by atoms with Crippen molar-refractivity contribution in [3.05, 3.63) is 11.5 Å². The molecule has 1 saturated heterocycles. The average molecular weight is 294 g/mol. The second-order valence-corrected chi connectivity index (χ2v) is 5.54. The van der Waals surface area contributed by atoms with E-state index < -0.39 is 5.97 Å². The number of nitrogens with zero attached hydrogens (tertiary/aromatic N) is 3. The van der Waals surface area contributed by atoms with Crippen molar-refractivity contribution in [2.45, 2.75) is 52.6 Å². The average Bonchev–Trinajstić information content (AvgIpc) is 3.09. The van der Waals surface area contributed by atoms with E-state index in [1.54, 1.807) is 6.92 Å². The Balaban J connectivity index is 2.19. The van der Waals surface area contributed by atoms with Crippen LogP contribution in [0, 0.1) is 0 Å². The molecule has 1 fully saturated rings. The first-order chi connectivity index (χ1) is 10.1. The number of hydrogen-bond acceptors (Lipinski definition) is 5. The third kappa shape index (κ3) is 3.37. The first-order valence-electron chi connectivity index (χ1n) is 7.84. The van der Waals surface area contributed by atoms with Crippen molar-refractivity contribution in [2.24, 2.45) is 0 Å². The summed E-state index contributed by atoms with van der Waals surface area (Å²) in [5, 5.41) is 0. The Morgan fingerprint density at radius 3 is 2.62 bits per heavy atom. The van der Waals surface area contributed by atoms with Gasteiger partial charge in [0.2, 0.25) is 0 Å². The summed E-state index contributed by atoms with van der Waals surface area (Å²) in [7, 11) is 0. The lowest BCUT2D eigenvalue weighted by atomic mass is 10.3. The number of carbonyl (C=O) groups excluding carboxylic acids is 1. The van der Waals surface area contributed by atoms with Crippen molar-refractivity contribution >= 4 is 11.8 Å². The number of nitrogen functional groups attached to an aromatic ring is 1. The van der Waals surface area contributed by atoms with Crippen LogP contribution in [0.1, 0.15) is 49.9 Å². The number of carbonyl (C=O) groups is 1. The normalized spacial score (nSPS) is 17.1. The standard InChI is InChI=1S/C15H26N4O2/c1-4-12-17-13(15(20)21-5-2)14(16)19(12)10-11(3)18-8-6-7-9-18/h11H,4-10,16H2,1-3H3. The van der Waals surface area contributed by atoms with Gasteiger partial charge in [-0.15, -0.1) is 0 Å². The SMILES string of the molecule is CCOC(=O)c1nc(CC)n(CC(C)N2CCCC2)c1N. The van der Waals surface area contributed by atoms with Gasteiger partial charge in [0, 0.05) is 19.0 Å². The molecule has 2 heterocycles. The summed E-state index contributed by atoms with van der Waals surface area (Å²) in [6, 6.07) is 0.393. The Hall–Kier alpha value is -1.56. The van der Waals surface area contributed by atoms with E-state index in [1.807, 2.05) is 11.5 Å². The smallest absolute Gasteiger partial charge is 0.360 e. The van der Waals surface area contributed by atoms with Gasteiger partial charge in [-0.3, -0.25) is 4.90 Å². The molecule has 0 bridgehead atoms. The van der Waals surface area contributed by atoms with Crippen LogP contribution in [0.15, 0.2) is 0 Å². The third-order valence-corrected chi connectivity index (χ3v) is 4.08. The molecule has 0 radical (unpaired) electrons. The van der Waals surface area contributed by atoms with Gasteiger partial charge < -0.3 is 15.0 Å². The van der Waals surface area contributed by atoms with Crippen molar-refractivity contribution in [3.8, 4) is 0 Å². The van der Waals surface area contributed by atoms with Crippen LogP contribution in [-0.4, -0.2) is 46.2 Å². The molecular formula is C15H26N4O2. The van der Waals surface area contributed by atoms with Gasteiger partial charge in [0.05, 0.1) is 6.61 Å². The summed E-state index contributed by atoms with van der Waals surface area (Å²) in [5.41, 5.74) is 6.39. The zero-order chi connectivity index (χ0) is 15.4. The van der Waals surface area contributed by atoms with Gasteiger partial charge >= 0.3 is 5.97 Å². The van der Waals surface area contributed by atoms with E-state index in [0.717, 1.165) is 31.9 Å². The molecule has 0 amide bonds. The molecule has 118 valence electrons. The Kier molecular flexibility index (Phi) is 5.22. The molecule has 1 atom stereocenters. The molecule has 1 aliphatic rings. The summed E-state index contributed by atoms with van der Waals surface area (Å²) >= 11 is 0. The van der Waals surface area contributed by atoms with Crippen LogP contribution in [0.3, 0.4) is 0 Å². The molecule has 0 saturated carbocycles. The highest BCUT2D eigenvalue weighted by molar-refractivity contribution is 5.92. The van der Waals surface area contributed by atoms with Gasteiger partial charge in [0.15, 0.2) is 5.69 Å². The topological polar surface area (TPSA) is 73.4 Å². The molecule has 6 heteroatoms. The molecule has 2 rings (SSSR count). The van der Waals surface area contributed by atoms with Gasteiger partial charge in [-0.25, -0.2) is 9.78 Å². The minimum atomic E-state index is -0.433. The number of rotatable bonds is 6. The minimum Gasteiger partial charge on any atom is -0.461 e. The molecule has 0 spiro atoms. The predicted octanol–water partition coefficient (Wildman–Crippen LogP) is 1.69. The van der Waals surface area contributed by atoms with Crippen molar-refractivity contribution in [1.29, 1.82) is 0 Å². The molecule has 0 aliphatic carbocycles. The number of imidazole rings is 1. The van der Waals surface area contributed by atoms with E-state index in [9.17, 15) is 4.79 Å². The largest absolute Gasteiger partial charge is 0.461 e. The third-order valence-electron chi connectivity index (χ3n) is 4.08. The molecule has 0 aromatic carbocycles. The van der Waals surface area contributed by atoms with Crippen LogP contribution < -0.4 is 5.73 Å². The second-order valence-electron chi connectivity index (χ2n) is 5.54. The number of aromatic nitrogens is 2. The summed E-state index contributed by atoms with van der Waals surface area (Å²) in [6.45, 7) is 9.38. The van der Waals surface area contributed by atoms with Crippen molar-refractivity contribution < 1.29 is 9.53 Å². The summed E-state index contributed by atoms with van der Waals surface area (Å²) in [5.74, 6) is 0.843. The number of anilines is 1. The molecule has 1 aromatic rings. The zero-order valence-corrected chi connectivity index (χ0v) is 13.3. The van der Waals surface area contributed by atoms with E-state index in [2.05, 4.69) is 16.8 Å². The monoisotopic (exact) mass is 294 g/mol. The van der Waals surface area contributed by atoms with E-state index in [4.69, 9.17) is 10.5 Å². The van der Waals surface area contributed by atoms with E-state index in [1.165, 1.54) is 12.8 Å². The summed E-state index contributed by atoms with van der Waals surface area (Å²) < 4.78 is 6.99. The van der Waals surface area contributed by atoms with Gasteiger partial charge in [0.25, 0.3) is 0 Å². The highest BCUT2D eigenvalue weighted by Crippen LogP contribution is 2.20. The first kappa shape index (κ1) is 15.8. The quantitative estimate of drug-likeness (QED) is 0.808. The zero-order valence-electron chi connectivity index (χ0n) is 13.3. The fourth-order valence-electron chi connectivity index (χ4n) is 2.90. The maximum atomic E-state index is 11.9. The van der Waals surface area contributed by atoms with Crippen LogP contribution in [0.5, 0.6) is 0 Å². The highest BCUT2D eigenvalue weighted by Gasteiger charge is 2.24. The number of likely N-dealkylation sites (tertiary alicyclic amines) is 1. The van der Waals surface area contributed by atoms with Gasteiger partial charge in [-0.05, 0) is 39.8 Å². The Morgan fingerprint density at radius 1 is 1.38 bits per heavy atom. The number of nitrogens with two attached hydrogens (primary N) is 1. The van der Waals surface area contributed by atoms with Crippen molar-refractivity contribution in [2.75, 3.05) is 25.4 Å². The Bertz CT molecular complexity index is 492. The second kappa shape index (κ2) is 6.93. The number of ether oxygens (including phenoxy) is 1. The minimum absolute atomic E-state index is 0.252. The lowest BCUT2D eigenvalue weighted by molar-refractivity contribution is 0.0521. The lowest BCUT2D eigenvalue weighted by Crippen LogP contribution is -2.34. The van der Waals surface area contributed by atoms with Crippen LogP contribution in [0.25, 0.3) is 0 Å². The van der Waals surface area contributed by atoms with Crippen LogP contribution >= 0.6 is 0 Å². The molecule has 6 nitrogen and oxygen atoms in total. The van der Waals surface area contributed by atoms with E-state index in [-0.39, 0.29) is 5.69 Å². The summed E-state index contributed by atoms with van der Waals surface area (Å²) in [6.07, 6.45) is 3.27. The first-order valence-corrected chi connectivity index (χ1v) is 7.84.